The number of hydrogen-bond donors (Lipinski definition) is 3. The summed E-state index contributed by atoms with van der Waals surface area (Å²) in [6, 6.07) is 1.89. The molecule has 0 radical (unpaired) electrons. The van der Waals surface area contributed by atoms with Gasteiger partial charge in [-0.2, -0.15) is 0 Å². The molecule has 0 amide bonds. The molecule has 20 heavy (non-hydrogen) atoms. The fraction of sp³-hybridized carbons (Fsp3) is 0.364. The molecule has 0 bridgehead atoms. The quantitative estimate of drug-likeness (QED) is 0.670. The van der Waals surface area contributed by atoms with Crippen molar-refractivity contribution in [1.82, 2.24) is 0 Å². The Morgan fingerprint density at radius 2 is 2.20 bits per heavy atom. The van der Waals surface area contributed by atoms with E-state index in [9.17, 15) is 17.6 Å². The Balaban J connectivity index is 2.94. The van der Waals surface area contributed by atoms with E-state index in [2.05, 4.69) is 5.32 Å². The van der Waals surface area contributed by atoms with E-state index in [1.165, 1.54) is 7.11 Å². The molecular weight excluding hydrogens is 291 g/mol. The molecule has 0 aliphatic rings. The number of ether oxygens (including phenoxy) is 1. The molecule has 0 spiro atoms. The summed E-state index contributed by atoms with van der Waals surface area (Å²) in [4.78, 5) is 10.6. The van der Waals surface area contributed by atoms with Gasteiger partial charge in [-0.15, -0.1) is 0 Å². The van der Waals surface area contributed by atoms with Crippen LogP contribution in [0.4, 0.5) is 10.1 Å². The zero-order valence-corrected chi connectivity index (χ0v) is 11.5. The number of aliphatic carboxylic acids is 1. The molecule has 0 aliphatic heterocycles. The molecule has 1 rings (SSSR count). The molecule has 0 aromatic heterocycles. The van der Waals surface area contributed by atoms with Crippen molar-refractivity contribution in [2.45, 2.75) is 17.4 Å². The maximum absolute atomic E-state index is 13.7. The van der Waals surface area contributed by atoms with Crippen LogP contribution in [-0.2, 0) is 19.6 Å². The Morgan fingerprint density at radius 3 is 2.65 bits per heavy atom. The molecule has 0 heterocycles. The van der Waals surface area contributed by atoms with Crippen LogP contribution < -0.4 is 10.5 Å². The first-order valence-corrected chi connectivity index (χ1v) is 7.11. The summed E-state index contributed by atoms with van der Waals surface area (Å²) in [5, 5.41) is 16.3. The Morgan fingerprint density at radius 1 is 1.55 bits per heavy atom. The molecule has 0 aliphatic carbocycles. The Kier molecular flexibility index (Phi) is 5.43. The third-order valence-corrected chi connectivity index (χ3v) is 3.42. The van der Waals surface area contributed by atoms with Crippen molar-refractivity contribution in [3.05, 3.63) is 24.0 Å². The van der Waals surface area contributed by atoms with Gasteiger partial charge in [0.25, 0.3) is 0 Å². The molecule has 0 fully saturated rings. The van der Waals surface area contributed by atoms with Gasteiger partial charge in [0.05, 0.1) is 10.6 Å². The van der Waals surface area contributed by atoms with Crippen LogP contribution in [0.5, 0.6) is 0 Å². The maximum Gasteiger partial charge on any atom is 0.326 e. The molecule has 1 atom stereocenters. The van der Waals surface area contributed by atoms with Gasteiger partial charge in [-0.05, 0) is 18.2 Å². The van der Waals surface area contributed by atoms with Gasteiger partial charge in [0.2, 0.25) is 10.0 Å². The predicted octanol–water partition coefficient (Wildman–Crippen LogP) is 0.375. The molecule has 112 valence electrons. The van der Waals surface area contributed by atoms with Crippen molar-refractivity contribution in [3.63, 3.8) is 0 Å². The number of anilines is 1. The number of methoxy groups -OCH3 is 1. The fourth-order valence-corrected chi connectivity index (χ4v) is 2.00. The lowest BCUT2D eigenvalue weighted by molar-refractivity contribution is -0.138. The largest absolute Gasteiger partial charge is 0.480 e. The predicted molar refractivity (Wildman–Crippen MR) is 69.3 cm³/mol. The van der Waals surface area contributed by atoms with E-state index in [4.69, 9.17) is 15.0 Å². The number of sulfonamides is 1. The van der Waals surface area contributed by atoms with Crippen LogP contribution in [0.25, 0.3) is 0 Å². The Bertz CT molecular complexity index is 590. The van der Waals surface area contributed by atoms with Gasteiger partial charge in [0.15, 0.2) is 0 Å². The van der Waals surface area contributed by atoms with Crippen molar-refractivity contribution < 1.29 is 27.4 Å². The third-order valence-electron chi connectivity index (χ3n) is 2.51. The normalized spacial score (nSPS) is 12.9. The zero-order valence-electron chi connectivity index (χ0n) is 10.7. The maximum atomic E-state index is 13.7. The summed E-state index contributed by atoms with van der Waals surface area (Å²) in [7, 11) is -2.59. The van der Waals surface area contributed by atoms with Crippen molar-refractivity contribution in [1.29, 1.82) is 0 Å². The minimum Gasteiger partial charge on any atom is -0.480 e. The van der Waals surface area contributed by atoms with Gasteiger partial charge < -0.3 is 15.2 Å². The zero-order chi connectivity index (χ0) is 15.3. The number of nitrogens with one attached hydrogen (secondary N) is 1. The van der Waals surface area contributed by atoms with E-state index in [1.54, 1.807) is 0 Å². The second-order valence-electron chi connectivity index (χ2n) is 4.00. The highest BCUT2D eigenvalue weighted by molar-refractivity contribution is 7.89. The summed E-state index contributed by atoms with van der Waals surface area (Å²) in [5.41, 5.74) is -0.124. The van der Waals surface area contributed by atoms with E-state index >= 15 is 0 Å². The molecule has 1 aromatic carbocycles. The van der Waals surface area contributed by atoms with Crippen LogP contribution in [0.1, 0.15) is 6.42 Å². The van der Waals surface area contributed by atoms with E-state index in [0.717, 1.165) is 18.2 Å². The van der Waals surface area contributed by atoms with Gasteiger partial charge in [-0.25, -0.2) is 22.7 Å². The minimum atomic E-state index is -4.01. The highest BCUT2D eigenvalue weighted by Gasteiger charge is 2.19. The Hall–Kier alpha value is -1.71. The van der Waals surface area contributed by atoms with Gasteiger partial charge in [-0.3, -0.25) is 0 Å². The number of nitrogens with two attached hydrogens (primary N) is 1. The van der Waals surface area contributed by atoms with Crippen LogP contribution in [0.2, 0.25) is 0 Å². The second kappa shape index (κ2) is 6.64. The number of rotatable bonds is 7. The van der Waals surface area contributed by atoms with Crippen LogP contribution in [0, 0.1) is 5.82 Å². The average molecular weight is 306 g/mol. The van der Waals surface area contributed by atoms with Gasteiger partial charge in [0, 0.05) is 20.1 Å². The van der Waals surface area contributed by atoms with E-state index in [1.807, 2.05) is 0 Å². The van der Waals surface area contributed by atoms with Gasteiger partial charge in [-0.1, -0.05) is 0 Å². The monoisotopic (exact) mass is 306 g/mol. The highest BCUT2D eigenvalue weighted by Crippen LogP contribution is 2.19. The van der Waals surface area contributed by atoms with Crippen molar-refractivity contribution in [3.8, 4) is 0 Å². The first kappa shape index (κ1) is 16.3. The molecule has 4 N–H and O–H groups in total. The van der Waals surface area contributed by atoms with Crippen molar-refractivity contribution in [2.24, 2.45) is 5.14 Å². The van der Waals surface area contributed by atoms with E-state index < -0.39 is 27.9 Å². The molecular formula is C11H15FN2O5S. The number of primary sulfonamides is 1. The lowest BCUT2D eigenvalue weighted by Gasteiger charge is -2.16. The highest BCUT2D eigenvalue weighted by atomic mass is 32.2. The van der Waals surface area contributed by atoms with Crippen LogP contribution in [0.3, 0.4) is 0 Å². The summed E-state index contributed by atoms with van der Waals surface area (Å²) in [6.45, 7) is 0.181. The number of benzene rings is 1. The molecule has 1 unspecified atom stereocenters. The lowest BCUT2D eigenvalue weighted by Crippen LogP contribution is -2.31. The number of carboxylic acid groups (broad SMARTS) is 1. The average Bonchev–Trinajstić information content (AvgIpc) is 2.34. The third kappa shape index (κ3) is 4.44. The van der Waals surface area contributed by atoms with Gasteiger partial charge in [0.1, 0.15) is 11.9 Å². The SMILES string of the molecule is COCCC(Nc1ccc(S(N)(=O)=O)cc1F)C(=O)O. The first-order valence-electron chi connectivity index (χ1n) is 5.56. The topological polar surface area (TPSA) is 119 Å². The fourth-order valence-electron chi connectivity index (χ4n) is 1.47. The summed E-state index contributed by atoms with van der Waals surface area (Å²) in [6.07, 6.45) is 0.127. The van der Waals surface area contributed by atoms with E-state index in [-0.39, 0.29) is 23.6 Å². The Labute approximate surface area is 115 Å². The lowest BCUT2D eigenvalue weighted by atomic mass is 10.2. The summed E-state index contributed by atoms with van der Waals surface area (Å²) in [5.74, 6) is -2.07. The smallest absolute Gasteiger partial charge is 0.326 e. The number of carbonyl (C=O) groups is 1. The summed E-state index contributed by atoms with van der Waals surface area (Å²) < 4.78 is 40.6. The standard InChI is InChI=1S/C11H15FN2O5S/c1-19-5-4-10(11(15)16)14-9-3-2-7(6-8(9)12)20(13,17)18/h2-3,6,10,14H,4-5H2,1H3,(H,15,16)(H2,13,17,18). The molecule has 0 saturated carbocycles. The molecule has 0 saturated heterocycles. The second-order valence-corrected chi connectivity index (χ2v) is 5.56. The number of carboxylic acids is 1. The van der Waals surface area contributed by atoms with E-state index in [0.29, 0.717) is 0 Å². The molecule has 9 heteroatoms. The van der Waals surface area contributed by atoms with Crippen LogP contribution in [0.15, 0.2) is 23.1 Å². The first-order chi connectivity index (χ1) is 9.25. The van der Waals surface area contributed by atoms with Crippen LogP contribution in [-0.4, -0.2) is 39.3 Å². The van der Waals surface area contributed by atoms with Crippen molar-refractivity contribution in [2.75, 3.05) is 19.0 Å². The molecule has 7 nitrogen and oxygen atoms in total. The number of hydrogen-bond acceptors (Lipinski definition) is 5. The minimum absolute atomic E-state index is 0.124. The number of halogens is 1. The molecule has 1 aromatic rings. The van der Waals surface area contributed by atoms with Crippen molar-refractivity contribution >= 4 is 21.7 Å². The van der Waals surface area contributed by atoms with Gasteiger partial charge >= 0.3 is 5.97 Å². The van der Waals surface area contributed by atoms with Crippen LogP contribution >= 0.6 is 0 Å². The summed E-state index contributed by atoms with van der Waals surface area (Å²) >= 11 is 0.